The van der Waals surface area contributed by atoms with Crippen LogP contribution in [-0.4, -0.2) is 61.0 Å². The van der Waals surface area contributed by atoms with E-state index < -0.39 is 0 Å². The molecule has 0 aliphatic carbocycles. The van der Waals surface area contributed by atoms with Crippen molar-refractivity contribution in [1.29, 1.82) is 0 Å². The lowest BCUT2D eigenvalue weighted by atomic mass is 9.97. The van der Waals surface area contributed by atoms with E-state index in [0.29, 0.717) is 23.7 Å². The van der Waals surface area contributed by atoms with Crippen LogP contribution in [0.15, 0.2) is 40.5 Å². The smallest absolute Gasteiger partial charge is 0.270 e. The fraction of sp³-hybridized carbons (Fsp3) is 0.409. The molecule has 4 rings (SSSR count). The highest BCUT2D eigenvalue weighted by atomic mass is 32.1. The number of likely N-dealkylation sites (N-methyl/N-ethyl adjacent to an activating group) is 1. The van der Waals surface area contributed by atoms with Crippen LogP contribution in [-0.2, 0) is 4.79 Å². The average Bonchev–Trinajstić information content (AvgIpc) is 3.19. The molecule has 158 valence electrons. The summed E-state index contributed by atoms with van der Waals surface area (Å²) in [6.07, 6.45) is 1.74. The van der Waals surface area contributed by atoms with Gasteiger partial charge in [-0.1, -0.05) is 30.3 Å². The number of aromatic amines is 1. The van der Waals surface area contributed by atoms with Crippen molar-refractivity contribution in [2.75, 3.05) is 45.2 Å². The Hall–Kier alpha value is -2.71. The Balaban J connectivity index is 1.57. The minimum atomic E-state index is -0.125. The first-order chi connectivity index (χ1) is 14.5. The molecule has 7 nitrogen and oxygen atoms in total. The summed E-state index contributed by atoms with van der Waals surface area (Å²) in [4.78, 5) is 37.1. The Labute approximate surface area is 179 Å². The van der Waals surface area contributed by atoms with Gasteiger partial charge < -0.3 is 15.1 Å². The number of carbonyl (C=O) groups excluding carboxylic acids is 1. The summed E-state index contributed by atoms with van der Waals surface area (Å²) in [5, 5.41) is 5.01. The van der Waals surface area contributed by atoms with Crippen molar-refractivity contribution >= 4 is 33.4 Å². The molecule has 0 saturated carbocycles. The molecule has 2 aromatic heterocycles. The number of aromatic nitrogens is 2. The van der Waals surface area contributed by atoms with Gasteiger partial charge in [0, 0.05) is 37.1 Å². The summed E-state index contributed by atoms with van der Waals surface area (Å²) in [5.74, 6) is 0.525. The van der Waals surface area contributed by atoms with E-state index in [1.54, 1.807) is 0 Å². The van der Waals surface area contributed by atoms with Gasteiger partial charge in [-0.25, -0.2) is 4.98 Å². The number of fused-ring (bicyclic) bond motifs is 1. The lowest BCUT2D eigenvalue weighted by Crippen LogP contribution is -2.45. The highest BCUT2D eigenvalue weighted by Crippen LogP contribution is 2.32. The summed E-state index contributed by atoms with van der Waals surface area (Å²) >= 11 is 1.41. The first-order valence-corrected chi connectivity index (χ1v) is 11.1. The zero-order chi connectivity index (χ0) is 21.1. The van der Waals surface area contributed by atoms with Crippen molar-refractivity contribution in [1.82, 2.24) is 20.2 Å². The number of piperidine rings is 1. The third kappa shape index (κ3) is 4.39. The van der Waals surface area contributed by atoms with Gasteiger partial charge in [0.15, 0.2) is 0 Å². The van der Waals surface area contributed by atoms with Crippen LogP contribution in [0.2, 0.25) is 0 Å². The second kappa shape index (κ2) is 8.97. The van der Waals surface area contributed by atoms with Crippen molar-refractivity contribution in [3.05, 3.63) is 46.1 Å². The van der Waals surface area contributed by atoms with Gasteiger partial charge >= 0.3 is 0 Å². The number of hydrogen-bond donors (Lipinski definition) is 2. The number of H-pyrrole nitrogens is 1. The number of rotatable bonds is 6. The van der Waals surface area contributed by atoms with Crippen molar-refractivity contribution in [2.24, 2.45) is 5.92 Å². The van der Waals surface area contributed by atoms with Crippen molar-refractivity contribution in [3.8, 4) is 11.1 Å². The van der Waals surface area contributed by atoms with Crippen LogP contribution in [0.4, 0.5) is 5.95 Å². The standard InChI is InChI=1S/C22H27N5O2S/c1-26(2)12-10-23-20(28)16-9-6-11-27(13-16)22-24-18-17(15-7-4-3-5-8-15)14-30-19(18)21(29)25-22/h3-5,7-8,14,16H,6,9-13H2,1-2H3,(H,23,28)(H,24,25,29)/t16-/m0/s1. The van der Waals surface area contributed by atoms with Crippen LogP contribution in [0.25, 0.3) is 21.3 Å². The fourth-order valence-corrected chi connectivity index (χ4v) is 4.73. The highest BCUT2D eigenvalue weighted by molar-refractivity contribution is 7.17. The third-order valence-corrected chi connectivity index (χ3v) is 6.42. The summed E-state index contributed by atoms with van der Waals surface area (Å²) in [5.41, 5.74) is 2.62. The number of hydrogen-bond acceptors (Lipinski definition) is 6. The van der Waals surface area contributed by atoms with E-state index in [1.807, 2.05) is 59.6 Å². The molecule has 0 radical (unpaired) electrons. The van der Waals surface area contributed by atoms with Gasteiger partial charge in [0.1, 0.15) is 4.70 Å². The molecule has 3 heterocycles. The summed E-state index contributed by atoms with van der Waals surface area (Å²) in [7, 11) is 3.97. The molecule has 0 spiro atoms. The number of nitrogens with zero attached hydrogens (tertiary/aromatic N) is 3. The van der Waals surface area contributed by atoms with Crippen LogP contribution >= 0.6 is 11.3 Å². The zero-order valence-electron chi connectivity index (χ0n) is 17.4. The first-order valence-electron chi connectivity index (χ1n) is 10.3. The SMILES string of the molecule is CN(C)CCNC(=O)[C@H]1CCCN(c2nc3c(-c4ccccc4)csc3c(=O)[nH]2)C1. The molecule has 1 fully saturated rings. The van der Waals surface area contributed by atoms with E-state index in [9.17, 15) is 9.59 Å². The maximum Gasteiger partial charge on any atom is 0.270 e. The fourth-order valence-electron chi connectivity index (χ4n) is 3.82. The minimum absolute atomic E-state index is 0.0745. The van der Waals surface area contributed by atoms with Crippen LogP contribution in [0.1, 0.15) is 12.8 Å². The molecular weight excluding hydrogens is 398 g/mol. The van der Waals surface area contributed by atoms with Gasteiger partial charge in [-0.15, -0.1) is 11.3 Å². The van der Waals surface area contributed by atoms with E-state index >= 15 is 0 Å². The molecule has 1 atom stereocenters. The average molecular weight is 426 g/mol. The second-order valence-electron chi connectivity index (χ2n) is 7.96. The van der Waals surface area contributed by atoms with Gasteiger partial charge in [0.25, 0.3) is 5.56 Å². The van der Waals surface area contributed by atoms with Crippen LogP contribution in [0.3, 0.4) is 0 Å². The highest BCUT2D eigenvalue weighted by Gasteiger charge is 2.27. The Kier molecular flexibility index (Phi) is 6.15. The van der Waals surface area contributed by atoms with Crippen molar-refractivity contribution in [2.45, 2.75) is 12.8 Å². The van der Waals surface area contributed by atoms with E-state index in [0.717, 1.165) is 42.6 Å². The molecule has 0 unspecified atom stereocenters. The normalized spacial score (nSPS) is 16.9. The monoisotopic (exact) mass is 425 g/mol. The van der Waals surface area contributed by atoms with E-state index in [1.165, 1.54) is 11.3 Å². The van der Waals surface area contributed by atoms with E-state index in [4.69, 9.17) is 4.98 Å². The largest absolute Gasteiger partial charge is 0.355 e. The molecule has 1 aliphatic heterocycles. The molecule has 1 aliphatic rings. The molecule has 1 saturated heterocycles. The van der Waals surface area contributed by atoms with E-state index in [-0.39, 0.29) is 17.4 Å². The molecule has 1 aromatic carbocycles. The zero-order valence-corrected chi connectivity index (χ0v) is 18.2. The van der Waals surface area contributed by atoms with Gasteiger partial charge in [0.05, 0.1) is 11.4 Å². The minimum Gasteiger partial charge on any atom is -0.355 e. The number of thiophene rings is 1. The predicted molar refractivity (Wildman–Crippen MR) is 122 cm³/mol. The lowest BCUT2D eigenvalue weighted by molar-refractivity contribution is -0.125. The van der Waals surface area contributed by atoms with Gasteiger partial charge in [-0.05, 0) is 32.5 Å². The Morgan fingerprint density at radius 3 is 2.90 bits per heavy atom. The predicted octanol–water partition coefficient (Wildman–Crippen LogP) is 2.55. The molecule has 0 bridgehead atoms. The summed E-state index contributed by atoms with van der Waals surface area (Å²) < 4.78 is 0.632. The second-order valence-corrected chi connectivity index (χ2v) is 8.84. The first kappa shape index (κ1) is 20.6. The Morgan fingerprint density at radius 1 is 1.33 bits per heavy atom. The number of nitrogens with one attached hydrogen (secondary N) is 2. The van der Waals surface area contributed by atoms with Gasteiger partial charge in [-0.2, -0.15) is 0 Å². The van der Waals surface area contributed by atoms with E-state index in [2.05, 4.69) is 10.3 Å². The van der Waals surface area contributed by atoms with Crippen molar-refractivity contribution in [3.63, 3.8) is 0 Å². The maximum absolute atomic E-state index is 12.7. The van der Waals surface area contributed by atoms with Crippen LogP contribution in [0, 0.1) is 5.92 Å². The number of amides is 1. The van der Waals surface area contributed by atoms with Crippen LogP contribution < -0.4 is 15.8 Å². The maximum atomic E-state index is 12.7. The molecule has 3 aromatic rings. The lowest BCUT2D eigenvalue weighted by Gasteiger charge is -2.32. The van der Waals surface area contributed by atoms with Crippen molar-refractivity contribution < 1.29 is 4.79 Å². The third-order valence-electron chi connectivity index (χ3n) is 5.45. The van der Waals surface area contributed by atoms with Gasteiger partial charge in [0.2, 0.25) is 11.9 Å². The van der Waals surface area contributed by atoms with Crippen LogP contribution in [0.5, 0.6) is 0 Å². The van der Waals surface area contributed by atoms with Gasteiger partial charge in [-0.3, -0.25) is 14.6 Å². The molecule has 1 amide bonds. The number of benzene rings is 1. The molecular formula is C22H27N5O2S. The number of carbonyl (C=O) groups is 1. The topological polar surface area (TPSA) is 81.3 Å². The Bertz CT molecular complexity index is 1080. The number of anilines is 1. The Morgan fingerprint density at radius 2 is 2.13 bits per heavy atom. The summed E-state index contributed by atoms with van der Waals surface area (Å²) in [6, 6.07) is 9.99. The quantitative estimate of drug-likeness (QED) is 0.634. The molecule has 30 heavy (non-hydrogen) atoms. The molecule has 8 heteroatoms. The molecule has 2 N–H and O–H groups in total. The summed E-state index contributed by atoms with van der Waals surface area (Å²) in [6.45, 7) is 2.79.